The number of piperidine rings is 1. The molecule has 1 fully saturated rings. The third-order valence-corrected chi connectivity index (χ3v) is 4.39. The number of urea groups is 1. The first-order valence-corrected chi connectivity index (χ1v) is 8.11. The smallest absolute Gasteiger partial charge is 0.321 e. The van der Waals surface area contributed by atoms with E-state index in [1.54, 1.807) is 36.1 Å². The maximum absolute atomic E-state index is 12.3. The monoisotopic (exact) mass is 349 g/mol. The van der Waals surface area contributed by atoms with Crippen molar-refractivity contribution in [1.29, 1.82) is 0 Å². The predicted octanol–water partition coefficient (Wildman–Crippen LogP) is 1.66. The van der Waals surface area contributed by atoms with Gasteiger partial charge in [0.15, 0.2) is 0 Å². The van der Waals surface area contributed by atoms with Gasteiger partial charge in [-0.1, -0.05) is 0 Å². The van der Waals surface area contributed by atoms with E-state index in [1.165, 1.54) is 0 Å². The number of carboxylic acid groups (broad SMARTS) is 1. The number of carbonyl (C=O) groups excluding carboxylic acids is 2. The van der Waals surface area contributed by atoms with Gasteiger partial charge in [0.25, 0.3) is 0 Å². The number of hydrogen-bond acceptors (Lipinski definition) is 4. The SMILES string of the molecule is CC1(C(=O)O)CCN(C(=O)Nc2ccc(OCCC(N)=O)cc2)CC1. The number of hydrogen-bond donors (Lipinski definition) is 3. The molecule has 1 aliphatic rings. The van der Waals surface area contributed by atoms with Gasteiger partial charge in [-0.3, -0.25) is 9.59 Å². The van der Waals surface area contributed by atoms with Crippen molar-refractivity contribution in [3.8, 4) is 5.75 Å². The topological polar surface area (TPSA) is 122 Å². The van der Waals surface area contributed by atoms with Crippen molar-refractivity contribution in [3.63, 3.8) is 0 Å². The maximum Gasteiger partial charge on any atom is 0.321 e. The molecule has 1 aromatic rings. The zero-order valence-corrected chi connectivity index (χ0v) is 14.2. The summed E-state index contributed by atoms with van der Waals surface area (Å²) in [7, 11) is 0. The van der Waals surface area contributed by atoms with Gasteiger partial charge in [-0.25, -0.2) is 4.79 Å². The number of nitrogens with two attached hydrogens (primary N) is 1. The Labute approximate surface area is 145 Å². The van der Waals surface area contributed by atoms with E-state index >= 15 is 0 Å². The maximum atomic E-state index is 12.3. The van der Waals surface area contributed by atoms with Crippen molar-refractivity contribution >= 4 is 23.6 Å². The zero-order valence-electron chi connectivity index (χ0n) is 14.2. The van der Waals surface area contributed by atoms with Crippen LogP contribution in [0.5, 0.6) is 5.75 Å². The molecule has 8 nitrogen and oxygen atoms in total. The number of carboxylic acids is 1. The molecule has 136 valence electrons. The van der Waals surface area contributed by atoms with Crippen LogP contribution in [0.25, 0.3) is 0 Å². The Hall–Kier alpha value is -2.77. The van der Waals surface area contributed by atoms with Crippen molar-refractivity contribution in [2.75, 3.05) is 25.0 Å². The van der Waals surface area contributed by atoms with Crippen molar-refractivity contribution in [1.82, 2.24) is 4.90 Å². The number of benzene rings is 1. The van der Waals surface area contributed by atoms with Gasteiger partial charge in [0.1, 0.15) is 5.75 Å². The fourth-order valence-electron chi connectivity index (χ4n) is 2.52. The van der Waals surface area contributed by atoms with Crippen LogP contribution in [-0.2, 0) is 9.59 Å². The lowest BCUT2D eigenvalue weighted by molar-refractivity contribution is -0.150. The minimum atomic E-state index is -0.820. The molecule has 0 atom stereocenters. The summed E-state index contributed by atoms with van der Waals surface area (Å²) in [4.78, 5) is 35.8. The third-order valence-electron chi connectivity index (χ3n) is 4.39. The summed E-state index contributed by atoms with van der Waals surface area (Å²) in [6.45, 7) is 2.73. The first-order chi connectivity index (χ1) is 11.8. The molecular formula is C17H23N3O5. The molecule has 1 aromatic carbocycles. The molecule has 2 rings (SSSR count). The van der Waals surface area contributed by atoms with Crippen LogP contribution < -0.4 is 15.8 Å². The van der Waals surface area contributed by atoms with E-state index in [1.807, 2.05) is 0 Å². The number of amides is 3. The Bertz CT molecular complexity index is 636. The molecular weight excluding hydrogens is 326 g/mol. The molecule has 0 bridgehead atoms. The summed E-state index contributed by atoms with van der Waals surface area (Å²) in [5.41, 5.74) is 4.88. The molecule has 1 saturated heterocycles. The quantitative estimate of drug-likeness (QED) is 0.721. The molecule has 0 unspecified atom stereocenters. The van der Waals surface area contributed by atoms with Crippen molar-refractivity contribution in [2.24, 2.45) is 11.1 Å². The van der Waals surface area contributed by atoms with E-state index in [9.17, 15) is 19.5 Å². The minimum absolute atomic E-state index is 0.142. The molecule has 1 aliphatic heterocycles. The van der Waals surface area contributed by atoms with Gasteiger partial charge in [0, 0.05) is 18.8 Å². The zero-order chi connectivity index (χ0) is 18.4. The van der Waals surface area contributed by atoms with Gasteiger partial charge in [-0.15, -0.1) is 0 Å². The van der Waals surface area contributed by atoms with E-state index in [0.29, 0.717) is 37.4 Å². The molecule has 25 heavy (non-hydrogen) atoms. The number of nitrogens with zero attached hydrogens (tertiary/aromatic N) is 1. The summed E-state index contributed by atoms with van der Waals surface area (Å²) in [6, 6.07) is 6.52. The number of anilines is 1. The lowest BCUT2D eigenvalue weighted by atomic mass is 9.80. The first-order valence-electron chi connectivity index (χ1n) is 8.11. The normalized spacial score (nSPS) is 16.1. The number of ether oxygens (including phenoxy) is 1. The second kappa shape index (κ2) is 7.87. The first kappa shape index (κ1) is 18.6. The molecule has 1 heterocycles. The van der Waals surface area contributed by atoms with Crippen LogP contribution in [0.1, 0.15) is 26.2 Å². The molecule has 4 N–H and O–H groups in total. The summed E-state index contributed by atoms with van der Waals surface area (Å²) >= 11 is 0. The lowest BCUT2D eigenvalue weighted by Crippen LogP contribution is -2.46. The van der Waals surface area contributed by atoms with E-state index in [4.69, 9.17) is 10.5 Å². The number of rotatable bonds is 6. The average Bonchev–Trinajstić information content (AvgIpc) is 2.56. The Morgan fingerprint density at radius 2 is 1.84 bits per heavy atom. The highest BCUT2D eigenvalue weighted by Gasteiger charge is 2.38. The standard InChI is InChI=1S/C17H23N3O5/c1-17(15(22)23)7-9-20(10-8-17)16(24)19-12-2-4-13(5-3-12)25-11-6-14(18)21/h2-5H,6-11H2,1H3,(H2,18,21)(H,19,24)(H,22,23). The van der Waals surface area contributed by atoms with Crippen LogP contribution in [0.3, 0.4) is 0 Å². The third kappa shape index (κ3) is 5.10. The predicted molar refractivity (Wildman–Crippen MR) is 91.3 cm³/mol. The fraction of sp³-hybridized carbons (Fsp3) is 0.471. The molecule has 8 heteroatoms. The van der Waals surface area contributed by atoms with Crippen LogP contribution >= 0.6 is 0 Å². The van der Waals surface area contributed by atoms with Gasteiger partial charge in [-0.05, 0) is 44.0 Å². The number of carbonyl (C=O) groups is 3. The van der Waals surface area contributed by atoms with Crippen LogP contribution in [-0.4, -0.2) is 47.6 Å². The number of primary amides is 1. The largest absolute Gasteiger partial charge is 0.493 e. The second-order valence-electron chi connectivity index (χ2n) is 6.37. The highest BCUT2D eigenvalue weighted by atomic mass is 16.5. The van der Waals surface area contributed by atoms with Gasteiger partial charge in [0.05, 0.1) is 18.4 Å². The molecule has 0 aliphatic carbocycles. The van der Waals surface area contributed by atoms with E-state index in [-0.39, 0.29) is 19.1 Å². The molecule has 0 spiro atoms. The van der Waals surface area contributed by atoms with E-state index in [0.717, 1.165) is 0 Å². The van der Waals surface area contributed by atoms with Crippen LogP contribution in [0.15, 0.2) is 24.3 Å². The Balaban J connectivity index is 1.83. The highest BCUT2D eigenvalue weighted by Crippen LogP contribution is 2.31. The minimum Gasteiger partial charge on any atom is -0.493 e. The van der Waals surface area contributed by atoms with Crippen LogP contribution in [0.2, 0.25) is 0 Å². The van der Waals surface area contributed by atoms with Gasteiger partial charge >= 0.3 is 12.0 Å². The summed E-state index contributed by atoms with van der Waals surface area (Å²) in [6.07, 6.45) is 1.01. The Morgan fingerprint density at radius 1 is 1.24 bits per heavy atom. The Morgan fingerprint density at radius 3 is 2.36 bits per heavy atom. The van der Waals surface area contributed by atoms with Crippen molar-refractivity contribution < 1.29 is 24.2 Å². The van der Waals surface area contributed by atoms with E-state index < -0.39 is 17.3 Å². The van der Waals surface area contributed by atoms with Crippen molar-refractivity contribution in [3.05, 3.63) is 24.3 Å². The van der Waals surface area contributed by atoms with Crippen LogP contribution in [0, 0.1) is 5.41 Å². The summed E-state index contributed by atoms with van der Waals surface area (Å²) < 4.78 is 5.36. The van der Waals surface area contributed by atoms with Crippen LogP contribution in [0.4, 0.5) is 10.5 Å². The average molecular weight is 349 g/mol. The highest BCUT2D eigenvalue weighted by molar-refractivity contribution is 5.89. The number of aliphatic carboxylic acids is 1. The van der Waals surface area contributed by atoms with Gasteiger partial charge in [0.2, 0.25) is 5.91 Å². The summed E-state index contributed by atoms with van der Waals surface area (Å²) in [5, 5.41) is 12.0. The van der Waals surface area contributed by atoms with Gasteiger partial charge in [-0.2, -0.15) is 0 Å². The number of likely N-dealkylation sites (tertiary alicyclic amines) is 1. The Kier molecular flexibility index (Phi) is 5.84. The van der Waals surface area contributed by atoms with E-state index in [2.05, 4.69) is 5.32 Å². The lowest BCUT2D eigenvalue weighted by Gasteiger charge is -2.36. The summed E-state index contributed by atoms with van der Waals surface area (Å²) in [5.74, 6) is -0.668. The molecule has 0 radical (unpaired) electrons. The second-order valence-corrected chi connectivity index (χ2v) is 6.37. The number of nitrogens with one attached hydrogen (secondary N) is 1. The fourth-order valence-corrected chi connectivity index (χ4v) is 2.52. The molecule has 3 amide bonds. The molecule has 0 aromatic heterocycles. The van der Waals surface area contributed by atoms with Gasteiger partial charge < -0.3 is 25.8 Å². The van der Waals surface area contributed by atoms with Crippen molar-refractivity contribution in [2.45, 2.75) is 26.2 Å². The molecule has 0 saturated carbocycles.